The van der Waals surface area contributed by atoms with Crippen LogP contribution in [0.2, 0.25) is 0 Å². The van der Waals surface area contributed by atoms with Crippen LogP contribution in [0.5, 0.6) is 0 Å². The van der Waals surface area contributed by atoms with Crippen LogP contribution in [-0.2, 0) is 20.8 Å². The van der Waals surface area contributed by atoms with Gasteiger partial charge in [0.05, 0.1) is 10.6 Å². The van der Waals surface area contributed by atoms with E-state index >= 15 is 0 Å². The van der Waals surface area contributed by atoms with Crippen LogP contribution >= 0.6 is 27.3 Å². The van der Waals surface area contributed by atoms with Gasteiger partial charge in [-0.25, -0.2) is 13.4 Å². The average molecular weight is 389 g/mol. The number of halogens is 1. The minimum atomic E-state index is -3.59. The van der Waals surface area contributed by atoms with Crippen LogP contribution < -0.4 is 4.72 Å². The molecule has 0 aliphatic heterocycles. The highest BCUT2D eigenvalue weighted by Gasteiger charge is 2.20. The van der Waals surface area contributed by atoms with Crippen molar-refractivity contribution in [3.63, 3.8) is 0 Å². The molecule has 0 atom stereocenters. The lowest BCUT2D eigenvalue weighted by atomic mass is 9.93. The van der Waals surface area contributed by atoms with Crippen molar-refractivity contribution in [1.82, 2.24) is 4.98 Å². The third-order valence-corrected chi connectivity index (χ3v) is 5.77. The van der Waals surface area contributed by atoms with E-state index in [1.165, 1.54) is 11.3 Å². The Morgan fingerprint density at radius 1 is 1.24 bits per heavy atom. The number of thiazole rings is 1. The molecule has 2 rings (SSSR count). The Morgan fingerprint density at radius 3 is 2.33 bits per heavy atom. The topological polar surface area (TPSA) is 59.1 Å². The number of nitrogens with zero attached hydrogens (tertiary/aromatic N) is 1. The number of alkyl halides is 1. The second-order valence-corrected chi connectivity index (χ2v) is 8.77. The highest BCUT2D eigenvalue weighted by molar-refractivity contribution is 9.08. The van der Waals surface area contributed by atoms with E-state index in [0.29, 0.717) is 10.5 Å². The third kappa shape index (κ3) is 4.05. The number of benzene rings is 1. The summed E-state index contributed by atoms with van der Waals surface area (Å²) in [5.74, 6) is 0. The maximum Gasteiger partial charge on any atom is 0.263 e. The summed E-state index contributed by atoms with van der Waals surface area (Å²) in [7, 11) is -3.59. The second-order valence-electron chi connectivity index (χ2n) is 5.67. The predicted octanol–water partition coefficient (Wildman–Crippen LogP) is 4.14. The summed E-state index contributed by atoms with van der Waals surface area (Å²) in [6.45, 7) is 6.12. The van der Waals surface area contributed by atoms with E-state index in [1.54, 1.807) is 24.3 Å². The first-order valence-corrected chi connectivity index (χ1v) is 9.84. The first-order valence-electron chi connectivity index (χ1n) is 6.36. The Balaban J connectivity index is 2.22. The van der Waals surface area contributed by atoms with Crippen molar-refractivity contribution in [2.75, 3.05) is 4.72 Å². The molecule has 0 aliphatic rings. The highest BCUT2D eigenvalue weighted by Crippen LogP contribution is 2.27. The van der Waals surface area contributed by atoms with Crippen LogP contribution in [0, 0.1) is 0 Å². The first-order chi connectivity index (χ1) is 9.72. The molecule has 0 bridgehead atoms. The minimum Gasteiger partial charge on any atom is -0.255 e. The number of hydrogen-bond acceptors (Lipinski definition) is 4. The molecule has 0 spiro atoms. The van der Waals surface area contributed by atoms with Gasteiger partial charge >= 0.3 is 0 Å². The largest absolute Gasteiger partial charge is 0.263 e. The number of anilines is 1. The van der Waals surface area contributed by atoms with E-state index in [9.17, 15) is 8.42 Å². The number of rotatable bonds is 4. The van der Waals surface area contributed by atoms with Crippen molar-refractivity contribution in [2.45, 2.75) is 36.4 Å². The highest BCUT2D eigenvalue weighted by atomic mass is 79.9. The molecule has 2 aromatic rings. The van der Waals surface area contributed by atoms with E-state index in [1.807, 2.05) is 26.2 Å². The Labute approximate surface area is 137 Å². The van der Waals surface area contributed by atoms with Crippen molar-refractivity contribution in [3.8, 4) is 0 Å². The van der Waals surface area contributed by atoms with Gasteiger partial charge in [-0.05, 0) is 17.7 Å². The van der Waals surface area contributed by atoms with E-state index in [2.05, 4.69) is 25.6 Å². The number of aromatic nitrogens is 1. The van der Waals surface area contributed by atoms with Crippen molar-refractivity contribution >= 4 is 42.4 Å². The van der Waals surface area contributed by atoms with Gasteiger partial charge in [0.15, 0.2) is 5.13 Å². The maximum atomic E-state index is 12.3. The summed E-state index contributed by atoms with van der Waals surface area (Å²) in [5.41, 5.74) is 1.80. The van der Waals surface area contributed by atoms with Crippen molar-refractivity contribution in [2.24, 2.45) is 0 Å². The zero-order valence-electron chi connectivity index (χ0n) is 12.1. The molecule has 1 heterocycles. The van der Waals surface area contributed by atoms with Crippen molar-refractivity contribution < 1.29 is 8.42 Å². The Kier molecular flexibility index (Phi) is 4.75. The van der Waals surface area contributed by atoms with Gasteiger partial charge < -0.3 is 0 Å². The molecule has 1 N–H and O–H groups in total. The number of nitrogens with one attached hydrogen (secondary N) is 1. The van der Waals surface area contributed by atoms with Crippen LogP contribution in [0.15, 0.2) is 34.5 Å². The lowest BCUT2D eigenvalue weighted by Crippen LogP contribution is -2.14. The van der Waals surface area contributed by atoms with Gasteiger partial charge in [0.1, 0.15) is 0 Å². The SMILES string of the molecule is CC(C)(C)c1csc(NS(=O)(=O)c2ccc(CBr)cc2)n1. The smallest absolute Gasteiger partial charge is 0.255 e. The van der Waals surface area contributed by atoms with Gasteiger partial charge in [0.2, 0.25) is 0 Å². The molecule has 0 fully saturated rings. The molecule has 114 valence electrons. The minimum absolute atomic E-state index is 0.0995. The van der Waals surface area contributed by atoms with Crippen molar-refractivity contribution in [3.05, 3.63) is 40.9 Å². The molecular formula is C14H17BrN2O2S2. The van der Waals surface area contributed by atoms with Gasteiger partial charge in [-0.3, -0.25) is 4.72 Å². The summed E-state index contributed by atoms with van der Waals surface area (Å²) in [6.07, 6.45) is 0. The third-order valence-electron chi connectivity index (χ3n) is 2.88. The first kappa shape index (κ1) is 16.5. The zero-order valence-corrected chi connectivity index (χ0v) is 15.3. The molecule has 0 amide bonds. The fourth-order valence-corrected chi connectivity index (χ4v) is 4.16. The van der Waals surface area contributed by atoms with Crippen molar-refractivity contribution in [1.29, 1.82) is 0 Å². The van der Waals surface area contributed by atoms with Gasteiger partial charge in [0, 0.05) is 16.1 Å². The molecule has 1 aromatic carbocycles. The van der Waals surface area contributed by atoms with E-state index in [0.717, 1.165) is 11.3 Å². The fraction of sp³-hybridized carbons (Fsp3) is 0.357. The molecule has 0 saturated heterocycles. The molecule has 7 heteroatoms. The summed E-state index contributed by atoms with van der Waals surface area (Å²) >= 11 is 4.63. The molecule has 4 nitrogen and oxygen atoms in total. The zero-order chi connectivity index (χ0) is 15.7. The molecular weight excluding hydrogens is 372 g/mol. The second kappa shape index (κ2) is 6.06. The van der Waals surface area contributed by atoms with E-state index < -0.39 is 10.0 Å². The van der Waals surface area contributed by atoms with Crippen LogP contribution in [-0.4, -0.2) is 13.4 Å². The Bertz CT molecular complexity index is 716. The summed E-state index contributed by atoms with van der Waals surface area (Å²) in [5, 5.41) is 2.97. The van der Waals surface area contributed by atoms with Gasteiger partial charge in [-0.1, -0.05) is 48.8 Å². The summed E-state index contributed by atoms with van der Waals surface area (Å²) in [6, 6.07) is 6.76. The molecule has 21 heavy (non-hydrogen) atoms. The summed E-state index contributed by atoms with van der Waals surface area (Å²) < 4.78 is 27.1. The van der Waals surface area contributed by atoms with Gasteiger partial charge in [-0.2, -0.15) is 0 Å². The number of sulfonamides is 1. The molecule has 0 saturated carbocycles. The lowest BCUT2D eigenvalue weighted by Gasteiger charge is -2.14. The van der Waals surface area contributed by atoms with Crippen LogP contribution in [0.3, 0.4) is 0 Å². The summed E-state index contributed by atoms with van der Waals surface area (Å²) in [4.78, 5) is 4.58. The molecule has 0 unspecified atom stereocenters. The predicted molar refractivity (Wildman–Crippen MR) is 90.7 cm³/mol. The average Bonchev–Trinajstić information content (AvgIpc) is 2.86. The monoisotopic (exact) mass is 388 g/mol. The molecule has 0 radical (unpaired) electrons. The Morgan fingerprint density at radius 2 is 1.86 bits per heavy atom. The fourth-order valence-electron chi connectivity index (χ4n) is 1.60. The quantitative estimate of drug-likeness (QED) is 0.800. The Hall–Kier alpha value is -0.920. The number of hydrogen-bond donors (Lipinski definition) is 1. The van der Waals surface area contributed by atoms with E-state index in [-0.39, 0.29) is 10.3 Å². The maximum absolute atomic E-state index is 12.3. The van der Waals surface area contributed by atoms with Crippen LogP contribution in [0.4, 0.5) is 5.13 Å². The normalized spacial score (nSPS) is 12.4. The standard InChI is InChI=1S/C14H17BrN2O2S2/c1-14(2,3)12-9-20-13(16-12)17-21(18,19)11-6-4-10(8-15)5-7-11/h4-7,9H,8H2,1-3H3,(H,16,17). The van der Waals surface area contributed by atoms with E-state index in [4.69, 9.17) is 0 Å². The van der Waals surface area contributed by atoms with Crippen LogP contribution in [0.25, 0.3) is 0 Å². The van der Waals surface area contributed by atoms with Crippen LogP contribution in [0.1, 0.15) is 32.0 Å². The molecule has 0 aliphatic carbocycles. The lowest BCUT2D eigenvalue weighted by molar-refractivity contribution is 0.573. The van der Waals surface area contributed by atoms with Gasteiger partial charge in [0.25, 0.3) is 10.0 Å². The molecule has 1 aromatic heterocycles. The van der Waals surface area contributed by atoms with Gasteiger partial charge in [-0.15, -0.1) is 11.3 Å².